The highest BCUT2D eigenvalue weighted by Gasteiger charge is 2.34. The molecule has 0 bridgehead atoms. The molecule has 0 amide bonds. The van der Waals surface area contributed by atoms with Gasteiger partial charge in [0.1, 0.15) is 0 Å². The molecule has 150 valence electrons. The highest BCUT2D eigenvalue weighted by Crippen LogP contribution is 2.52. The Morgan fingerprint density at radius 3 is 2.23 bits per heavy atom. The van der Waals surface area contributed by atoms with E-state index in [4.69, 9.17) is 0 Å². The minimum Gasteiger partial charge on any atom is -0.135 e. The normalized spacial score (nSPS) is 19.5. The van der Waals surface area contributed by atoms with Crippen LogP contribution in [0.5, 0.6) is 0 Å². The zero-order valence-electron chi connectivity index (χ0n) is 17.2. The van der Waals surface area contributed by atoms with E-state index in [1.165, 1.54) is 48.4 Å². The summed E-state index contributed by atoms with van der Waals surface area (Å²) in [6.45, 7) is 2.39. The monoisotopic (exact) mass is 480 g/mol. The van der Waals surface area contributed by atoms with Crippen molar-refractivity contribution in [3.63, 3.8) is 0 Å². The van der Waals surface area contributed by atoms with Crippen molar-refractivity contribution in [2.45, 2.75) is 12.8 Å². The largest absolute Gasteiger partial charge is 0.135 e. The molecule has 3 aromatic carbocycles. The van der Waals surface area contributed by atoms with Crippen LogP contribution in [0.15, 0.2) is 107 Å². The maximum atomic E-state index is 3.53. The van der Waals surface area contributed by atoms with E-state index in [0.717, 1.165) is 4.47 Å². The van der Waals surface area contributed by atoms with Crippen molar-refractivity contribution in [2.75, 3.05) is 0 Å². The van der Waals surface area contributed by atoms with Crippen molar-refractivity contribution < 1.29 is 0 Å². The van der Waals surface area contributed by atoms with Gasteiger partial charge in [-0.1, -0.05) is 102 Å². The third-order valence-electron chi connectivity index (χ3n) is 6.56. The molecule has 2 heteroatoms. The second kappa shape index (κ2) is 7.47. The second-order valence-corrected chi connectivity index (χ2v) is 10.3. The summed E-state index contributed by atoms with van der Waals surface area (Å²) >= 11 is 5.48. The zero-order chi connectivity index (χ0) is 20.9. The summed E-state index contributed by atoms with van der Waals surface area (Å²) < 4.78 is 2.49. The van der Waals surface area contributed by atoms with Gasteiger partial charge in [0.25, 0.3) is 0 Å². The molecule has 6 rings (SSSR count). The lowest BCUT2D eigenvalue weighted by atomic mass is 9.71. The Morgan fingerprint density at radius 1 is 0.774 bits per heavy atom. The van der Waals surface area contributed by atoms with Crippen LogP contribution >= 0.6 is 27.3 Å². The fourth-order valence-electron chi connectivity index (χ4n) is 5.03. The molecular formula is C29H21BrS. The van der Waals surface area contributed by atoms with Crippen LogP contribution in [0.3, 0.4) is 0 Å². The van der Waals surface area contributed by atoms with Gasteiger partial charge in [-0.25, -0.2) is 0 Å². The second-order valence-electron chi connectivity index (χ2n) is 8.31. The fourth-order valence-corrected chi connectivity index (χ4v) is 6.69. The first kappa shape index (κ1) is 19.0. The van der Waals surface area contributed by atoms with E-state index in [1.54, 1.807) is 0 Å². The van der Waals surface area contributed by atoms with Crippen LogP contribution < -0.4 is 0 Å². The quantitative estimate of drug-likeness (QED) is 0.268. The van der Waals surface area contributed by atoms with Gasteiger partial charge in [0.15, 0.2) is 0 Å². The van der Waals surface area contributed by atoms with Crippen molar-refractivity contribution in [3.05, 3.63) is 123 Å². The summed E-state index contributed by atoms with van der Waals surface area (Å²) in [5.74, 6) is 0.907. The Labute approximate surface area is 195 Å². The molecule has 1 heterocycles. The molecule has 0 nitrogen and oxygen atoms in total. The van der Waals surface area contributed by atoms with E-state index in [-0.39, 0.29) is 0 Å². The van der Waals surface area contributed by atoms with Gasteiger partial charge in [-0.05, 0) is 57.3 Å². The summed E-state index contributed by atoms with van der Waals surface area (Å²) in [7, 11) is 0. The van der Waals surface area contributed by atoms with Gasteiger partial charge >= 0.3 is 0 Å². The first-order valence-electron chi connectivity index (χ1n) is 10.7. The number of thiophene rings is 1. The summed E-state index contributed by atoms with van der Waals surface area (Å²) in [4.78, 5) is 1.44. The van der Waals surface area contributed by atoms with Gasteiger partial charge in [-0.2, -0.15) is 0 Å². The zero-order valence-corrected chi connectivity index (χ0v) is 19.6. The van der Waals surface area contributed by atoms with E-state index in [2.05, 4.69) is 120 Å². The Bertz CT molecular complexity index is 1380. The van der Waals surface area contributed by atoms with Crippen LogP contribution in [0.1, 0.15) is 28.8 Å². The lowest BCUT2D eigenvalue weighted by Crippen LogP contribution is -2.18. The predicted octanol–water partition coefficient (Wildman–Crippen LogP) is 8.99. The molecule has 2 unspecified atom stereocenters. The van der Waals surface area contributed by atoms with E-state index >= 15 is 0 Å². The minimum atomic E-state index is 0.427. The van der Waals surface area contributed by atoms with E-state index < -0.39 is 0 Å². The number of fused-ring (bicyclic) bond motifs is 4. The molecular weight excluding hydrogens is 460 g/mol. The molecule has 0 fully saturated rings. The Hall–Kier alpha value is -2.68. The lowest BCUT2D eigenvalue weighted by Gasteiger charge is -2.33. The molecule has 0 saturated carbocycles. The molecule has 2 aliphatic rings. The molecule has 2 atom stereocenters. The van der Waals surface area contributed by atoms with Crippen LogP contribution in [0, 0.1) is 5.92 Å². The van der Waals surface area contributed by atoms with E-state index in [1.807, 2.05) is 11.3 Å². The lowest BCUT2D eigenvalue weighted by molar-refractivity contribution is 0.621. The van der Waals surface area contributed by atoms with Gasteiger partial charge < -0.3 is 0 Å². The van der Waals surface area contributed by atoms with Gasteiger partial charge in [-0.3, -0.25) is 0 Å². The Morgan fingerprint density at radius 2 is 1.45 bits per heavy atom. The van der Waals surface area contributed by atoms with Crippen LogP contribution in [0.25, 0.3) is 26.8 Å². The number of halogens is 1. The number of hydrogen-bond donors (Lipinski definition) is 0. The van der Waals surface area contributed by atoms with Crippen LogP contribution in [0.2, 0.25) is 0 Å². The average molecular weight is 481 g/mol. The predicted molar refractivity (Wildman–Crippen MR) is 138 cm³/mol. The smallest absolute Gasteiger partial charge is 0.0399 e. The highest BCUT2D eigenvalue weighted by molar-refractivity contribution is 9.10. The highest BCUT2D eigenvalue weighted by atomic mass is 79.9. The molecule has 0 N–H and O–H groups in total. The summed E-state index contributed by atoms with van der Waals surface area (Å²) in [5.41, 5.74) is 8.17. The first-order chi connectivity index (χ1) is 15.2. The van der Waals surface area contributed by atoms with Crippen molar-refractivity contribution >= 4 is 42.9 Å². The van der Waals surface area contributed by atoms with Gasteiger partial charge in [-0.15, -0.1) is 11.3 Å². The summed E-state index contributed by atoms with van der Waals surface area (Å²) in [5, 5.41) is 1.42. The Balaban J connectivity index is 1.54. The number of hydrogen-bond acceptors (Lipinski definition) is 1. The van der Waals surface area contributed by atoms with Crippen molar-refractivity contribution in [1.29, 1.82) is 0 Å². The molecule has 31 heavy (non-hydrogen) atoms. The topological polar surface area (TPSA) is 0 Å². The van der Waals surface area contributed by atoms with E-state index in [0.29, 0.717) is 11.8 Å². The van der Waals surface area contributed by atoms with Crippen molar-refractivity contribution in [3.8, 4) is 11.1 Å². The first-order valence-corrected chi connectivity index (χ1v) is 12.3. The summed E-state index contributed by atoms with van der Waals surface area (Å²) in [6.07, 6.45) is 9.10. The van der Waals surface area contributed by atoms with Gasteiger partial charge in [0.2, 0.25) is 0 Å². The SMILES string of the molecule is CC1c2c(sc3ccccc23)C(c2ccc(-c3ccc(Br)cc3)cc2)=C2C=CC=CC21. The molecule has 0 spiro atoms. The summed E-state index contributed by atoms with van der Waals surface area (Å²) in [6, 6.07) is 26.5. The molecule has 1 aromatic heterocycles. The van der Waals surface area contributed by atoms with Gasteiger partial charge in [0.05, 0.1) is 0 Å². The third kappa shape index (κ3) is 3.09. The van der Waals surface area contributed by atoms with Crippen molar-refractivity contribution in [1.82, 2.24) is 0 Å². The molecule has 2 aliphatic carbocycles. The average Bonchev–Trinajstić information content (AvgIpc) is 3.20. The number of rotatable bonds is 2. The molecule has 0 radical (unpaired) electrons. The maximum absolute atomic E-state index is 3.53. The molecule has 0 saturated heterocycles. The maximum Gasteiger partial charge on any atom is 0.0399 e. The van der Waals surface area contributed by atoms with Crippen LogP contribution in [-0.4, -0.2) is 0 Å². The van der Waals surface area contributed by atoms with Crippen LogP contribution in [0.4, 0.5) is 0 Å². The fraction of sp³-hybridized carbons (Fsp3) is 0.103. The number of allylic oxidation sites excluding steroid dienone is 5. The Kier molecular flexibility index (Phi) is 4.59. The number of benzene rings is 3. The van der Waals surface area contributed by atoms with E-state index in [9.17, 15) is 0 Å². The van der Waals surface area contributed by atoms with Crippen LogP contribution in [-0.2, 0) is 0 Å². The standard InChI is InChI=1S/C29H21BrS/c1-18-23-6-2-3-7-24(23)28(29-27(18)25-8-4-5-9-26(25)31-29)21-12-10-19(11-13-21)20-14-16-22(30)17-15-20/h2-18,23H,1H3. The third-order valence-corrected chi connectivity index (χ3v) is 8.29. The van der Waals surface area contributed by atoms with Crippen molar-refractivity contribution in [2.24, 2.45) is 5.92 Å². The molecule has 4 aromatic rings. The van der Waals surface area contributed by atoms with Gasteiger partial charge in [0, 0.05) is 25.5 Å². The molecule has 0 aliphatic heterocycles. The minimum absolute atomic E-state index is 0.427.